The number of likely N-dealkylation sites (tertiary alicyclic amines) is 2. The van der Waals surface area contributed by atoms with E-state index in [0.29, 0.717) is 83.8 Å². The van der Waals surface area contributed by atoms with Crippen molar-refractivity contribution in [3.05, 3.63) is 89.4 Å². The Kier molecular flexibility index (Phi) is 11.0. The van der Waals surface area contributed by atoms with E-state index >= 15 is 4.39 Å². The lowest BCUT2D eigenvalue weighted by atomic mass is 9.92. The lowest BCUT2D eigenvalue weighted by molar-refractivity contribution is -0.165. The number of nitrogens with zero attached hydrogens (tertiary/aromatic N) is 10. The molecule has 2 aromatic carbocycles. The van der Waals surface area contributed by atoms with Gasteiger partial charge in [-0.05, 0) is 144 Å². The van der Waals surface area contributed by atoms with Gasteiger partial charge in [0.25, 0.3) is 11.8 Å². The van der Waals surface area contributed by atoms with Crippen molar-refractivity contribution < 1.29 is 28.6 Å². The first-order chi connectivity index (χ1) is 36.3. The fraction of sp³-hybridized carbons (Fsp3) is 0.474. The van der Waals surface area contributed by atoms with Crippen LogP contribution in [0.2, 0.25) is 0 Å². The number of imidazole rings is 2. The molecule has 2 amide bonds. The maximum atomic E-state index is 16.2. The molecule has 0 bridgehead atoms. The third-order valence-electron chi connectivity index (χ3n) is 17.0. The van der Waals surface area contributed by atoms with Crippen LogP contribution in [0.1, 0.15) is 85.2 Å². The number of aliphatic hydroxyl groups is 1. The molecule has 14 rings (SSSR count). The zero-order valence-corrected chi connectivity index (χ0v) is 42.9. The van der Waals surface area contributed by atoms with E-state index in [1.54, 1.807) is 36.4 Å². The summed E-state index contributed by atoms with van der Waals surface area (Å²) in [7, 11) is 3.84. The van der Waals surface area contributed by atoms with Crippen molar-refractivity contribution in [2.24, 2.45) is 31.8 Å². The van der Waals surface area contributed by atoms with Gasteiger partial charge < -0.3 is 53.3 Å². The van der Waals surface area contributed by atoms with E-state index in [1.165, 1.54) is 25.3 Å². The maximum Gasteiger partial charge on any atom is 0.254 e. The Morgan fingerprint density at radius 1 is 0.720 bits per heavy atom. The number of carbonyl (C=O) groups excluding carboxylic acids is 2. The van der Waals surface area contributed by atoms with E-state index in [9.17, 15) is 14.7 Å². The second kappa shape index (κ2) is 17.7. The number of nitrogens with one attached hydrogen (secondary N) is 2. The topological polar surface area (TPSA) is 175 Å². The van der Waals surface area contributed by atoms with Gasteiger partial charge in [-0.2, -0.15) is 4.98 Å². The summed E-state index contributed by atoms with van der Waals surface area (Å²) in [5, 5.41) is 19.8. The van der Waals surface area contributed by atoms with Crippen LogP contribution in [0.5, 0.6) is 5.88 Å². The van der Waals surface area contributed by atoms with Gasteiger partial charge in [0.15, 0.2) is 11.6 Å². The van der Waals surface area contributed by atoms with Crippen molar-refractivity contribution in [3.63, 3.8) is 0 Å². The average Bonchev–Trinajstić information content (AvgIpc) is 4.21. The van der Waals surface area contributed by atoms with E-state index < -0.39 is 17.7 Å². The van der Waals surface area contributed by atoms with Crippen molar-refractivity contribution in [3.8, 4) is 28.9 Å². The van der Waals surface area contributed by atoms with Crippen LogP contribution in [-0.2, 0) is 37.5 Å². The van der Waals surface area contributed by atoms with E-state index in [0.717, 1.165) is 102 Å². The van der Waals surface area contributed by atoms with Crippen LogP contribution in [0.15, 0.2) is 66.7 Å². The standard InChI is InChI=1S/C57H63FN12O5/c1-57(2,73)47-13-10-34-24-45(69(51(34)63-47)27-31-5-6-31)54-62-40-23-37(21-38(58)50(40)66(54)4)56(72)68-20-17-46-42(30-68)60-26-49(74-46)75-48-14-11-35-25-44(70(52(35)64-48)28-32-7-8-32)53-61-39-22-36(9-12-43(39)65(53)3)55(71)67-19-16-33-15-18-59-41(33)29-67/h9-14,21-25,31-33,41-42,46,49,59-60,73H,5-8,15-20,26-30H2,1-4H3/t33-,41+,42-,46+,49?/m0/s1. The number of aromatic nitrogens is 8. The second-order valence-electron chi connectivity index (χ2n) is 22.8. The van der Waals surface area contributed by atoms with Gasteiger partial charge in [0, 0.05) is 87.4 Å². The number of amides is 2. The summed E-state index contributed by atoms with van der Waals surface area (Å²) < 4.78 is 37.6. The molecule has 0 radical (unpaired) electrons. The van der Waals surface area contributed by atoms with Crippen LogP contribution >= 0.6 is 0 Å². The SMILES string of the molecule is Cn1c(-c2cc3ccc(OC4CN[C@H]5CN(C(=O)c6cc(F)c7c(c6)nc(-c6cc8ccc(C(C)(C)O)nc8n6CC6CC6)n7C)CC[C@H]5O4)nc3n2CC2CC2)nc2cc(C(=O)N3CC[C@@H]4CCN[C@@H]4C3)ccc21. The minimum atomic E-state index is -1.11. The molecule has 6 aliphatic rings. The van der Waals surface area contributed by atoms with Gasteiger partial charge in [-0.3, -0.25) is 9.59 Å². The van der Waals surface area contributed by atoms with Crippen LogP contribution in [-0.4, -0.2) is 129 Å². The molecule has 6 fully saturated rings. The molecule has 75 heavy (non-hydrogen) atoms. The summed E-state index contributed by atoms with van der Waals surface area (Å²) in [5.74, 6) is 2.90. The highest BCUT2D eigenvalue weighted by Crippen LogP contribution is 2.39. The highest BCUT2D eigenvalue weighted by Gasteiger charge is 2.39. The average molecular weight is 1020 g/mol. The van der Waals surface area contributed by atoms with Gasteiger partial charge in [0.2, 0.25) is 12.2 Å². The van der Waals surface area contributed by atoms with Gasteiger partial charge in [-0.1, -0.05) is 0 Å². The Bertz CT molecular complexity index is 3620. The summed E-state index contributed by atoms with van der Waals surface area (Å²) in [6.07, 6.45) is 6.60. The van der Waals surface area contributed by atoms with E-state index in [4.69, 9.17) is 29.4 Å². The summed E-state index contributed by atoms with van der Waals surface area (Å²) in [4.78, 5) is 51.9. The summed E-state index contributed by atoms with van der Waals surface area (Å²) in [6.45, 7) is 8.80. The first-order valence-electron chi connectivity index (χ1n) is 27.0. The van der Waals surface area contributed by atoms with Gasteiger partial charge in [0.1, 0.15) is 28.2 Å². The number of rotatable bonds is 11. The van der Waals surface area contributed by atoms with E-state index in [2.05, 4.69) is 30.4 Å². The van der Waals surface area contributed by atoms with Crippen molar-refractivity contribution in [2.45, 2.75) is 102 Å². The molecule has 388 valence electrons. The van der Waals surface area contributed by atoms with Crippen LogP contribution < -0.4 is 15.4 Å². The van der Waals surface area contributed by atoms with Crippen LogP contribution in [0.4, 0.5) is 4.39 Å². The van der Waals surface area contributed by atoms with Crippen LogP contribution in [0, 0.1) is 23.6 Å². The molecule has 1 unspecified atom stereocenters. The smallest absolute Gasteiger partial charge is 0.254 e. The Hall–Kier alpha value is -6.73. The number of benzene rings is 2. The third kappa shape index (κ3) is 8.35. The summed E-state index contributed by atoms with van der Waals surface area (Å²) in [5.41, 5.74) is 6.24. The summed E-state index contributed by atoms with van der Waals surface area (Å²) >= 11 is 0. The Balaban J connectivity index is 0.663. The second-order valence-corrected chi connectivity index (χ2v) is 22.8. The van der Waals surface area contributed by atoms with Gasteiger partial charge in [0.05, 0.1) is 52.3 Å². The minimum absolute atomic E-state index is 0.0645. The number of morpholine rings is 1. The number of halogens is 1. The number of piperidine rings is 2. The van der Waals surface area contributed by atoms with Crippen molar-refractivity contribution >= 4 is 55.9 Å². The highest BCUT2D eigenvalue weighted by atomic mass is 19.1. The van der Waals surface area contributed by atoms with Crippen molar-refractivity contribution in [1.82, 2.24) is 58.6 Å². The fourth-order valence-electron chi connectivity index (χ4n) is 12.5. The molecule has 5 atom stereocenters. The molecule has 0 spiro atoms. The van der Waals surface area contributed by atoms with Gasteiger partial charge >= 0.3 is 0 Å². The number of hydrogen-bond acceptors (Lipinski definition) is 11. The molecule has 10 heterocycles. The van der Waals surface area contributed by atoms with Crippen molar-refractivity contribution in [2.75, 3.05) is 39.3 Å². The monoisotopic (exact) mass is 1010 g/mol. The molecule has 4 aliphatic heterocycles. The maximum absolute atomic E-state index is 16.2. The molecule has 2 saturated carbocycles. The molecule has 18 heteroatoms. The lowest BCUT2D eigenvalue weighted by Crippen LogP contribution is -2.62. The fourth-order valence-corrected chi connectivity index (χ4v) is 12.5. The molecule has 8 aromatic rings. The predicted octanol–water partition coefficient (Wildman–Crippen LogP) is 7.11. The number of ether oxygens (including phenoxy) is 2. The number of carbonyl (C=O) groups is 2. The molecule has 2 aliphatic carbocycles. The zero-order chi connectivity index (χ0) is 51.0. The van der Waals surface area contributed by atoms with Gasteiger partial charge in [-0.25, -0.2) is 19.3 Å². The predicted molar refractivity (Wildman–Crippen MR) is 282 cm³/mol. The number of pyridine rings is 2. The Morgan fingerprint density at radius 3 is 2.11 bits per heavy atom. The molecule has 4 saturated heterocycles. The van der Waals surface area contributed by atoms with Gasteiger partial charge in [-0.15, -0.1) is 0 Å². The normalized spacial score (nSPS) is 23.2. The van der Waals surface area contributed by atoms with E-state index in [1.807, 2.05) is 60.5 Å². The molecular weight excluding hydrogens is 952 g/mol. The number of aryl methyl sites for hydroxylation is 2. The zero-order valence-electron chi connectivity index (χ0n) is 42.9. The molecule has 17 nitrogen and oxygen atoms in total. The van der Waals surface area contributed by atoms with Crippen molar-refractivity contribution in [1.29, 1.82) is 0 Å². The van der Waals surface area contributed by atoms with E-state index in [-0.39, 0.29) is 29.5 Å². The quantitative estimate of drug-likeness (QED) is 0.121. The van der Waals surface area contributed by atoms with Crippen LogP contribution in [0.25, 0.3) is 67.2 Å². The largest absolute Gasteiger partial charge is 0.446 e. The minimum Gasteiger partial charge on any atom is -0.446 e. The number of hydrogen-bond donors (Lipinski definition) is 3. The lowest BCUT2D eigenvalue weighted by Gasteiger charge is -2.43. The Labute approximate surface area is 433 Å². The summed E-state index contributed by atoms with van der Waals surface area (Å²) in [6, 6.07) is 21.1. The molecule has 6 aromatic heterocycles. The third-order valence-corrected chi connectivity index (χ3v) is 17.0. The molecule has 3 N–H and O–H groups in total. The first-order valence-corrected chi connectivity index (χ1v) is 27.0. The Morgan fingerprint density at radius 2 is 1.37 bits per heavy atom. The number of fused-ring (bicyclic) bond motifs is 6. The molecular formula is C57H63FN12O5. The first kappa shape index (κ1) is 46.8. The van der Waals surface area contributed by atoms with Crippen LogP contribution in [0.3, 0.4) is 0 Å². The highest BCUT2D eigenvalue weighted by molar-refractivity contribution is 5.99.